The third-order valence-corrected chi connectivity index (χ3v) is 3.18. The van der Waals surface area contributed by atoms with E-state index in [1.165, 1.54) is 0 Å². The van der Waals surface area contributed by atoms with Crippen LogP contribution in [-0.2, 0) is 9.53 Å². The van der Waals surface area contributed by atoms with Gasteiger partial charge in [-0.05, 0) is 26.2 Å². The Bertz CT molecular complexity index is 386. The number of nitrogens with zero attached hydrogens (tertiary/aromatic N) is 1. The van der Waals surface area contributed by atoms with E-state index < -0.39 is 6.10 Å². The fourth-order valence-corrected chi connectivity index (χ4v) is 2.06. The fourth-order valence-electron chi connectivity index (χ4n) is 2.06. The zero-order chi connectivity index (χ0) is 13.7. The number of amides is 1. The summed E-state index contributed by atoms with van der Waals surface area (Å²) in [6.45, 7) is 2.45. The topological polar surface area (TPSA) is 66.7 Å². The maximum Gasteiger partial charge on any atom is 0.250 e. The summed E-state index contributed by atoms with van der Waals surface area (Å²) >= 11 is 0. The minimum atomic E-state index is -0.395. The molecule has 6 nitrogen and oxygen atoms in total. The van der Waals surface area contributed by atoms with Gasteiger partial charge >= 0.3 is 0 Å². The lowest BCUT2D eigenvalue weighted by Gasteiger charge is -2.26. The van der Waals surface area contributed by atoms with Gasteiger partial charge in [0.1, 0.15) is 11.9 Å². The smallest absolute Gasteiger partial charge is 0.250 e. The van der Waals surface area contributed by atoms with Gasteiger partial charge in [0.05, 0.1) is 18.9 Å². The molecule has 0 aliphatic carbocycles. The van der Waals surface area contributed by atoms with Crippen molar-refractivity contribution in [2.45, 2.75) is 12.1 Å². The molecule has 0 spiro atoms. The lowest BCUT2D eigenvalue weighted by molar-refractivity contribution is -0.134. The Morgan fingerprint density at radius 2 is 2.47 bits per heavy atom. The van der Waals surface area contributed by atoms with Crippen molar-refractivity contribution in [3.63, 3.8) is 0 Å². The van der Waals surface area contributed by atoms with Crippen LogP contribution in [0.5, 0.6) is 0 Å². The summed E-state index contributed by atoms with van der Waals surface area (Å²) < 4.78 is 10.8. The summed E-state index contributed by atoms with van der Waals surface area (Å²) in [6.07, 6.45) is 1.25. The Balaban J connectivity index is 1.86. The molecule has 19 heavy (non-hydrogen) atoms. The molecule has 2 N–H and O–H groups in total. The van der Waals surface area contributed by atoms with E-state index in [0.29, 0.717) is 19.7 Å². The molecular formula is C13H21N3O3. The number of hydrogen-bond acceptors (Lipinski definition) is 5. The number of nitrogens with one attached hydrogen (secondary N) is 2. The molecule has 2 atom stereocenters. The van der Waals surface area contributed by atoms with E-state index in [1.54, 1.807) is 6.26 Å². The number of carbonyl (C=O) groups is 1. The number of carbonyl (C=O) groups excluding carboxylic acids is 1. The highest BCUT2D eigenvalue weighted by atomic mass is 16.5. The Morgan fingerprint density at radius 3 is 3.05 bits per heavy atom. The Labute approximate surface area is 113 Å². The predicted octanol–water partition coefficient (Wildman–Crippen LogP) is -0.0131. The Hall–Kier alpha value is -1.37. The summed E-state index contributed by atoms with van der Waals surface area (Å²) in [5, 5.41) is 6.06. The van der Waals surface area contributed by atoms with Gasteiger partial charge < -0.3 is 19.8 Å². The highest BCUT2D eigenvalue weighted by molar-refractivity contribution is 5.81. The molecule has 1 aliphatic rings. The first-order chi connectivity index (χ1) is 9.18. The van der Waals surface area contributed by atoms with Gasteiger partial charge in [0.15, 0.2) is 0 Å². The van der Waals surface area contributed by atoms with E-state index in [1.807, 2.05) is 31.1 Å². The van der Waals surface area contributed by atoms with Crippen LogP contribution in [0.15, 0.2) is 22.8 Å². The summed E-state index contributed by atoms with van der Waals surface area (Å²) in [5.41, 5.74) is 0. The minimum absolute atomic E-state index is 0.0236. The number of likely N-dealkylation sites (N-methyl/N-ethyl adjacent to an activating group) is 1. The van der Waals surface area contributed by atoms with E-state index in [4.69, 9.17) is 9.15 Å². The van der Waals surface area contributed by atoms with E-state index in [2.05, 4.69) is 10.6 Å². The number of ether oxygens (including phenoxy) is 1. The molecule has 1 aromatic heterocycles. The van der Waals surface area contributed by atoms with Crippen molar-refractivity contribution < 1.29 is 13.9 Å². The number of hydrogen-bond donors (Lipinski definition) is 2. The van der Waals surface area contributed by atoms with E-state index >= 15 is 0 Å². The van der Waals surface area contributed by atoms with Gasteiger partial charge in [-0.2, -0.15) is 0 Å². The predicted molar refractivity (Wildman–Crippen MR) is 70.8 cm³/mol. The van der Waals surface area contributed by atoms with E-state index in [-0.39, 0.29) is 11.9 Å². The molecule has 1 amide bonds. The molecular weight excluding hydrogens is 246 g/mol. The van der Waals surface area contributed by atoms with Crippen LogP contribution in [0, 0.1) is 0 Å². The zero-order valence-corrected chi connectivity index (χ0v) is 11.4. The second-order valence-corrected chi connectivity index (χ2v) is 4.80. The molecule has 0 aromatic carbocycles. The van der Waals surface area contributed by atoms with Gasteiger partial charge in [-0.1, -0.05) is 0 Å². The van der Waals surface area contributed by atoms with Crippen molar-refractivity contribution in [1.29, 1.82) is 0 Å². The van der Waals surface area contributed by atoms with Crippen LogP contribution >= 0.6 is 0 Å². The van der Waals surface area contributed by atoms with E-state index in [0.717, 1.165) is 12.3 Å². The van der Waals surface area contributed by atoms with E-state index in [9.17, 15) is 4.79 Å². The second-order valence-electron chi connectivity index (χ2n) is 4.80. The van der Waals surface area contributed by atoms with Crippen molar-refractivity contribution in [1.82, 2.24) is 15.5 Å². The van der Waals surface area contributed by atoms with Crippen LogP contribution in [0.2, 0.25) is 0 Å². The van der Waals surface area contributed by atoms with Crippen molar-refractivity contribution in [3.05, 3.63) is 24.2 Å². The van der Waals surface area contributed by atoms with Gasteiger partial charge in [0, 0.05) is 19.6 Å². The second kappa shape index (κ2) is 6.70. The molecule has 0 radical (unpaired) electrons. The summed E-state index contributed by atoms with van der Waals surface area (Å²) in [6, 6.07) is 3.78. The van der Waals surface area contributed by atoms with Crippen LogP contribution in [0.1, 0.15) is 11.8 Å². The van der Waals surface area contributed by atoms with Crippen LogP contribution in [0.3, 0.4) is 0 Å². The Morgan fingerprint density at radius 1 is 1.63 bits per heavy atom. The monoisotopic (exact) mass is 267 g/mol. The summed E-state index contributed by atoms with van der Waals surface area (Å²) in [7, 11) is 3.91. The molecule has 1 aromatic rings. The summed E-state index contributed by atoms with van der Waals surface area (Å²) in [4.78, 5) is 14.0. The first-order valence-electron chi connectivity index (χ1n) is 6.48. The highest BCUT2D eigenvalue weighted by Crippen LogP contribution is 2.17. The molecule has 1 aliphatic heterocycles. The van der Waals surface area contributed by atoms with Gasteiger partial charge in [0.25, 0.3) is 5.91 Å². The molecule has 0 saturated carbocycles. The molecule has 1 fully saturated rings. The summed E-state index contributed by atoms with van der Waals surface area (Å²) in [5.74, 6) is 0.763. The third kappa shape index (κ3) is 3.79. The molecule has 0 bridgehead atoms. The third-order valence-electron chi connectivity index (χ3n) is 3.18. The van der Waals surface area contributed by atoms with Crippen LogP contribution in [-0.4, -0.2) is 57.2 Å². The van der Waals surface area contributed by atoms with Crippen LogP contribution in [0.25, 0.3) is 0 Å². The molecule has 1 saturated heterocycles. The lowest BCUT2D eigenvalue weighted by atomic mass is 10.2. The molecule has 2 heterocycles. The van der Waals surface area contributed by atoms with Gasteiger partial charge in [0.2, 0.25) is 0 Å². The number of rotatable bonds is 5. The normalized spacial score (nSPS) is 21.3. The largest absolute Gasteiger partial charge is 0.468 e. The maximum absolute atomic E-state index is 12.0. The molecule has 106 valence electrons. The SMILES string of the molecule is CN(C)C(CNC(=O)C1CNCCO1)c1ccco1. The van der Waals surface area contributed by atoms with Crippen molar-refractivity contribution in [3.8, 4) is 0 Å². The minimum Gasteiger partial charge on any atom is -0.468 e. The first-order valence-corrected chi connectivity index (χ1v) is 6.48. The standard InChI is InChI=1S/C13H21N3O3/c1-16(2)10(11-4-3-6-18-11)8-15-13(17)12-9-14-5-7-19-12/h3-4,6,10,12,14H,5,7-9H2,1-2H3,(H,15,17). The van der Waals surface area contributed by atoms with Gasteiger partial charge in [-0.25, -0.2) is 0 Å². The molecule has 2 unspecified atom stereocenters. The highest BCUT2D eigenvalue weighted by Gasteiger charge is 2.24. The van der Waals surface area contributed by atoms with Crippen molar-refractivity contribution in [2.24, 2.45) is 0 Å². The zero-order valence-electron chi connectivity index (χ0n) is 11.4. The molecule has 2 rings (SSSR count). The average molecular weight is 267 g/mol. The first kappa shape index (κ1) is 14.0. The quantitative estimate of drug-likeness (QED) is 0.785. The number of furan rings is 1. The Kier molecular flexibility index (Phi) is 4.95. The fraction of sp³-hybridized carbons (Fsp3) is 0.615. The van der Waals surface area contributed by atoms with Crippen LogP contribution < -0.4 is 10.6 Å². The van der Waals surface area contributed by atoms with Crippen molar-refractivity contribution >= 4 is 5.91 Å². The average Bonchev–Trinajstić information content (AvgIpc) is 2.93. The number of morpholine rings is 1. The van der Waals surface area contributed by atoms with Gasteiger partial charge in [-0.3, -0.25) is 9.69 Å². The lowest BCUT2D eigenvalue weighted by Crippen LogP contribution is -2.49. The maximum atomic E-state index is 12.0. The van der Waals surface area contributed by atoms with Gasteiger partial charge in [-0.15, -0.1) is 0 Å². The van der Waals surface area contributed by atoms with Crippen LogP contribution in [0.4, 0.5) is 0 Å². The molecule has 6 heteroatoms. The van der Waals surface area contributed by atoms with Crippen molar-refractivity contribution in [2.75, 3.05) is 40.3 Å².